The van der Waals surface area contributed by atoms with Gasteiger partial charge < -0.3 is 5.73 Å². The minimum absolute atomic E-state index is 0.682. The molecule has 0 amide bonds. The molecule has 0 saturated heterocycles. The van der Waals surface area contributed by atoms with Crippen LogP contribution in [0.1, 0.15) is 32.6 Å². The van der Waals surface area contributed by atoms with Crippen LogP contribution in [0, 0.1) is 5.92 Å². The molecule has 13 heavy (non-hydrogen) atoms. The van der Waals surface area contributed by atoms with E-state index in [1.54, 1.807) is 0 Å². The van der Waals surface area contributed by atoms with E-state index < -0.39 is 0 Å². The Bertz CT molecular complexity index is 156. The van der Waals surface area contributed by atoms with Crippen molar-refractivity contribution in [1.29, 1.82) is 0 Å². The Balaban J connectivity index is 2.10. The standard InChI is InChI=1S/C11H21NS/c1-10-5-4-6-11(9-10)13-8-3-2-7-12/h2-3,10-11H,4-9,12H2,1H3. The zero-order valence-electron chi connectivity index (χ0n) is 8.54. The Morgan fingerprint density at radius 1 is 1.38 bits per heavy atom. The van der Waals surface area contributed by atoms with E-state index in [0.29, 0.717) is 6.54 Å². The summed E-state index contributed by atoms with van der Waals surface area (Å²) in [6.45, 7) is 3.06. The number of hydrogen-bond donors (Lipinski definition) is 1. The molecule has 0 aliphatic heterocycles. The van der Waals surface area contributed by atoms with Crippen LogP contribution < -0.4 is 5.73 Å². The molecule has 2 N–H and O–H groups in total. The fraction of sp³-hybridized carbons (Fsp3) is 0.818. The maximum atomic E-state index is 5.37. The molecule has 2 heteroatoms. The van der Waals surface area contributed by atoms with Crippen molar-refractivity contribution in [2.75, 3.05) is 12.3 Å². The van der Waals surface area contributed by atoms with Crippen LogP contribution in [0.25, 0.3) is 0 Å². The van der Waals surface area contributed by atoms with Crippen molar-refractivity contribution in [1.82, 2.24) is 0 Å². The van der Waals surface area contributed by atoms with Gasteiger partial charge in [-0.05, 0) is 18.8 Å². The summed E-state index contributed by atoms with van der Waals surface area (Å²) >= 11 is 2.10. The largest absolute Gasteiger partial charge is 0.327 e. The first-order chi connectivity index (χ1) is 6.33. The third kappa shape index (κ3) is 4.72. The molecule has 1 saturated carbocycles. The summed E-state index contributed by atoms with van der Waals surface area (Å²) in [5.41, 5.74) is 5.37. The van der Waals surface area contributed by atoms with Crippen LogP contribution in [0.5, 0.6) is 0 Å². The predicted octanol–water partition coefficient (Wildman–Crippen LogP) is 2.81. The van der Waals surface area contributed by atoms with Gasteiger partial charge in [0.05, 0.1) is 0 Å². The van der Waals surface area contributed by atoms with E-state index in [-0.39, 0.29) is 0 Å². The van der Waals surface area contributed by atoms with E-state index in [1.165, 1.54) is 25.7 Å². The van der Waals surface area contributed by atoms with Crippen LogP contribution in [0.15, 0.2) is 12.2 Å². The van der Waals surface area contributed by atoms with Gasteiger partial charge in [0, 0.05) is 17.5 Å². The smallest absolute Gasteiger partial charge is 0.0116 e. The first kappa shape index (κ1) is 11.1. The van der Waals surface area contributed by atoms with Crippen molar-refractivity contribution in [3.8, 4) is 0 Å². The van der Waals surface area contributed by atoms with Crippen LogP contribution in [0.4, 0.5) is 0 Å². The van der Waals surface area contributed by atoms with Gasteiger partial charge in [-0.3, -0.25) is 0 Å². The quantitative estimate of drug-likeness (QED) is 0.705. The highest BCUT2D eigenvalue weighted by molar-refractivity contribution is 8.00. The summed E-state index contributed by atoms with van der Waals surface area (Å²) in [5.74, 6) is 2.10. The van der Waals surface area contributed by atoms with Gasteiger partial charge in [-0.2, -0.15) is 11.8 Å². The fourth-order valence-electron chi connectivity index (χ4n) is 1.89. The number of rotatable bonds is 4. The molecule has 1 fully saturated rings. The van der Waals surface area contributed by atoms with Crippen molar-refractivity contribution < 1.29 is 0 Å². The highest BCUT2D eigenvalue weighted by Gasteiger charge is 2.18. The number of nitrogens with two attached hydrogens (primary N) is 1. The van der Waals surface area contributed by atoms with Crippen LogP contribution in [-0.2, 0) is 0 Å². The maximum Gasteiger partial charge on any atom is 0.0116 e. The van der Waals surface area contributed by atoms with Gasteiger partial charge in [0.15, 0.2) is 0 Å². The molecule has 0 aromatic heterocycles. The molecule has 0 spiro atoms. The van der Waals surface area contributed by atoms with Gasteiger partial charge in [-0.15, -0.1) is 0 Å². The monoisotopic (exact) mass is 199 g/mol. The zero-order chi connectivity index (χ0) is 9.52. The van der Waals surface area contributed by atoms with E-state index in [0.717, 1.165) is 16.9 Å². The zero-order valence-corrected chi connectivity index (χ0v) is 9.35. The van der Waals surface area contributed by atoms with Gasteiger partial charge in [0.1, 0.15) is 0 Å². The van der Waals surface area contributed by atoms with Crippen LogP contribution in [0.2, 0.25) is 0 Å². The van der Waals surface area contributed by atoms with Crippen molar-refractivity contribution >= 4 is 11.8 Å². The molecule has 2 atom stereocenters. The fourth-order valence-corrected chi connectivity index (χ4v) is 3.20. The average molecular weight is 199 g/mol. The molecule has 1 nitrogen and oxygen atoms in total. The van der Waals surface area contributed by atoms with Gasteiger partial charge in [-0.1, -0.05) is 31.9 Å². The molecule has 2 unspecified atom stereocenters. The van der Waals surface area contributed by atoms with Crippen molar-refractivity contribution in [2.24, 2.45) is 11.7 Å². The Morgan fingerprint density at radius 3 is 2.92 bits per heavy atom. The number of thioether (sulfide) groups is 1. The highest BCUT2D eigenvalue weighted by Crippen LogP contribution is 2.31. The van der Waals surface area contributed by atoms with E-state index >= 15 is 0 Å². The second kappa shape index (κ2) is 6.50. The van der Waals surface area contributed by atoms with E-state index in [9.17, 15) is 0 Å². The Kier molecular flexibility index (Phi) is 5.56. The Labute approximate surface area is 86.2 Å². The molecule has 0 bridgehead atoms. The topological polar surface area (TPSA) is 26.0 Å². The predicted molar refractivity (Wildman–Crippen MR) is 62.1 cm³/mol. The van der Waals surface area contributed by atoms with Gasteiger partial charge in [0.2, 0.25) is 0 Å². The molecule has 76 valence electrons. The first-order valence-corrected chi connectivity index (χ1v) is 6.34. The molecule has 0 heterocycles. The normalized spacial score (nSPS) is 29.7. The minimum atomic E-state index is 0.682. The summed E-state index contributed by atoms with van der Waals surface area (Å²) in [6, 6.07) is 0. The summed E-state index contributed by atoms with van der Waals surface area (Å²) in [6.07, 6.45) is 9.96. The Morgan fingerprint density at radius 2 is 2.23 bits per heavy atom. The highest BCUT2D eigenvalue weighted by atomic mass is 32.2. The molecule has 1 rings (SSSR count). The van der Waals surface area contributed by atoms with Crippen LogP contribution in [0.3, 0.4) is 0 Å². The summed E-state index contributed by atoms with van der Waals surface area (Å²) in [5, 5.41) is 0.908. The minimum Gasteiger partial charge on any atom is -0.327 e. The van der Waals surface area contributed by atoms with Crippen LogP contribution >= 0.6 is 11.8 Å². The Hall–Kier alpha value is 0.0500. The van der Waals surface area contributed by atoms with Crippen molar-refractivity contribution in [2.45, 2.75) is 37.9 Å². The van der Waals surface area contributed by atoms with E-state index in [1.807, 2.05) is 0 Å². The van der Waals surface area contributed by atoms with Crippen molar-refractivity contribution in [3.05, 3.63) is 12.2 Å². The lowest BCUT2D eigenvalue weighted by Crippen LogP contribution is -2.15. The van der Waals surface area contributed by atoms with Gasteiger partial charge >= 0.3 is 0 Å². The first-order valence-electron chi connectivity index (χ1n) is 5.29. The van der Waals surface area contributed by atoms with E-state index in [4.69, 9.17) is 5.73 Å². The molecular weight excluding hydrogens is 178 g/mol. The molecule has 0 aromatic carbocycles. The number of hydrogen-bond acceptors (Lipinski definition) is 2. The molecule has 1 aliphatic rings. The third-order valence-corrected chi connectivity index (χ3v) is 3.90. The summed E-state index contributed by atoms with van der Waals surface area (Å²) < 4.78 is 0. The molecule has 1 aliphatic carbocycles. The second-order valence-electron chi connectivity index (χ2n) is 3.93. The lowest BCUT2D eigenvalue weighted by atomic mass is 9.91. The molecule has 0 radical (unpaired) electrons. The average Bonchev–Trinajstić information content (AvgIpc) is 2.13. The van der Waals surface area contributed by atoms with Crippen LogP contribution in [-0.4, -0.2) is 17.5 Å². The lowest BCUT2D eigenvalue weighted by Gasteiger charge is -2.25. The maximum absolute atomic E-state index is 5.37. The van der Waals surface area contributed by atoms with E-state index in [2.05, 4.69) is 30.8 Å². The summed E-state index contributed by atoms with van der Waals surface area (Å²) in [7, 11) is 0. The van der Waals surface area contributed by atoms with Gasteiger partial charge in [0.25, 0.3) is 0 Å². The lowest BCUT2D eigenvalue weighted by molar-refractivity contribution is 0.394. The van der Waals surface area contributed by atoms with Crippen molar-refractivity contribution in [3.63, 3.8) is 0 Å². The molecular formula is C11H21NS. The SMILES string of the molecule is CC1CCCC(SCC=CCN)C1. The molecule has 0 aromatic rings. The second-order valence-corrected chi connectivity index (χ2v) is 5.27. The third-order valence-electron chi connectivity index (χ3n) is 2.62. The summed E-state index contributed by atoms with van der Waals surface area (Å²) in [4.78, 5) is 0. The van der Waals surface area contributed by atoms with Gasteiger partial charge in [-0.25, -0.2) is 0 Å².